The third-order valence-electron chi connectivity index (χ3n) is 2.29. The Balaban J connectivity index is 0.00000128. The molecule has 1 aliphatic heterocycles. The number of nitrogens with zero attached hydrogens (tertiary/aromatic N) is 2. The fraction of sp³-hybridized carbons (Fsp3) is 0.600. The molecule has 1 aromatic rings. The molecule has 90 valence electrons. The van der Waals surface area contributed by atoms with Crippen LogP contribution in [0.25, 0.3) is 0 Å². The summed E-state index contributed by atoms with van der Waals surface area (Å²) in [6.45, 7) is 2.39. The van der Waals surface area contributed by atoms with Crippen molar-refractivity contribution in [2.45, 2.75) is 19.1 Å². The molecule has 1 aromatic heterocycles. The van der Waals surface area contributed by atoms with Crippen LogP contribution in [0.15, 0.2) is 12.4 Å². The van der Waals surface area contributed by atoms with Crippen LogP contribution in [0.1, 0.15) is 12.1 Å². The number of rotatable bonds is 4. The zero-order chi connectivity index (χ0) is 10.5. The molecular formula is C10H16ClN3O2. The van der Waals surface area contributed by atoms with Gasteiger partial charge >= 0.3 is 0 Å². The number of ether oxygens (including phenoxy) is 2. The van der Waals surface area contributed by atoms with E-state index in [2.05, 4.69) is 15.3 Å². The van der Waals surface area contributed by atoms with Gasteiger partial charge in [0.1, 0.15) is 12.4 Å². The Morgan fingerprint density at radius 3 is 3.06 bits per heavy atom. The zero-order valence-corrected chi connectivity index (χ0v) is 10.00. The van der Waals surface area contributed by atoms with Crippen molar-refractivity contribution in [1.82, 2.24) is 15.3 Å². The maximum Gasteiger partial charge on any atom is 0.216 e. The summed E-state index contributed by atoms with van der Waals surface area (Å²) in [6.07, 6.45) is 2.77. The standard InChI is InChI=1S/C10H15N3O2.ClH/c1-14-6-8-4-10(13-7-12-8)15-9-2-3-11-5-9;/h4,7,9,11H,2-3,5-6H2,1H3;1H. The Kier molecular flexibility index (Phi) is 5.45. The first-order valence-corrected chi connectivity index (χ1v) is 5.05. The molecule has 0 spiro atoms. The van der Waals surface area contributed by atoms with Crippen molar-refractivity contribution >= 4 is 12.4 Å². The Labute approximate surface area is 101 Å². The van der Waals surface area contributed by atoms with Gasteiger partial charge in [-0.2, -0.15) is 0 Å². The molecule has 16 heavy (non-hydrogen) atoms. The number of hydrogen-bond acceptors (Lipinski definition) is 5. The van der Waals surface area contributed by atoms with Crippen LogP contribution < -0.4 is 10.1 Å². The molecule has 1 saturated heterocycles. The van der Waals surface area contributed by atoms with Crippen molar-refractivity contribution in [3.63, 3.8) is 0 Å². The molecule has 6 heteroatoms. The third-order valence-corrected chi connectivity index (χ3v) is 2.29. The predicted molar refractivity (Wildman–Crippen MR) is 61.9 cm³/mol. The summed E-state index contributed by atoms with van der Waals surface area (Å²) >= 11 is 0. The number of aromatic nitrogens is 2. The second kappa shape index (κ2) is 6.62. The molecule has 1 unspecified atom stereocenters. The lowest BCUT2D eigenvalue weighted by molar-refractivity contribution is 0.178. The molecule has 1 atom stereocenters. The van der Waals surface area contributed by atoms with Gasteiger partial charge in [0, 0.05) is 19.7 Å². The molecule has 1 aliphatic rings. The first kappa shape index (κ1) is 13.2. The van der Waals surface area contributed by atoms with Crippen molar-refractivity contribution in [2.24, 2.45) is 0 Å². The minimum Gasteiger partial charge on any atom is -0.473 e. The largest absolute Gasteiger partial charge is 0.473 e. The second-order valence-corrected chi connectivity index (χ2v) is 3.51. The van der Waals surface area contributed by atoms with E-state index in [1.54, 1.807) is 7.11 Å². The Hall–Kier alpha value is -0.910. The predicted octanol–water partition coefficient (Wildman–Crippen LogP) is 0.785. The van der Waals surface area contributed by atoms with E-state index in [0.717, 1.165) is 25.2 Å². The Morgan fingerprint density at radius 1 is 1.50 bits per heavy atom. The van der Waals surface area contributed by atoms with E-state index in [9.17, 15) is 0 Å². The molecule has 0 saturated carbocycles. The molecule has 1 fully saturated rings. The van der Waals surface area contributed by atoms with Crippen molar-refractivity contribution in [3.05, 3.63) is 18.1 Å². The van der Waals surface area contributed by atoms with Gasteiger partial charge in [-0.15, -0.1) is 12.4 Å². The van der Waals surface area contributed by atoms with E-state index in [-0.39, 0.29) is 18.5 Å². The van der Waals surface area contributed by atoms with E-state index >= 15 is 0 Å². The maximum absolute atomic E-state index is 5.69. The van der Waals surface area contributed by atoms with Gasteiger partial charge in [0.25, 0.3) is 0 Å². The molecular weight excluding hydrogens is 230 g/mol. The van der Waals surface area contributed by atoms with Crippen molar-refractivity contribution in [3.8, 4) is 5.88 Å². The number of methoxy groups -OCH3 is 1. The second-order valence-electron chi connectivity index (χ2n) is 3.51. The lowest BCUT2D eigenvalue weighted by Crippen LogP contribution is -2.20. The molecule has 0 aliphatic carbocycles. The van der Waals surface area contributed by atoms with Crippen molar-refractivity contribution in [1.29, 1.82) is 0 Å². The highest BCUT2D eigenvalue weighted by atomic mass is 35.5. The van der Waals surface area contributed by atoms with Crippen LogP contribution in [0.5, 0.6) is 5.88 Å². The summed E-state index contributed by atoms with van der Waals surface area (Å²) in [4.78, 5) is 8.14. The number of nitrogens with one attached hydrogen (secondary N) is 1. The van der Waals surface area contributed by atoms with Crippen molar-refractivity contribution in [2.75, 3.05) is 20.2 Å². The maximum atomic E-state index is 5.69. The van der Waals surface area contributed by atoms with E-state index in [4.69, 9.17) is 9.47 Å². The lowest BCUT2D eigenvalue weighted by Gasteiger charge is -2.11. The fourth-order valence-electron chi connectivity index (χ4n) is 1.57. The van der Waals surface area contributed by atoms with E-state index < -0.39 is 0 Å². The van der Waals surface area contributed by atoms with Crippen LogP contribution in [0.2, 0.25) is 0 Å². The summed E-state index contributed by atoms with van der Waals surface area (Å²) in [5.41, 5.74) is 0.841. The zero-order valence-electron chi connectivity index (χ0n) is 9.18. The summed E-state index contributed by atoms with van der Waals surface area (Å²) < 4.78 is 10.7. The van der Waals surface area contributed by atoms with Gasteiger partial charge in [-0.3, -0.25) is 0 Å². The molecule has 0 amide bonds. The average Bonchev–Trinajstić information content (AvgIpc) is 2.71. The minimum absolute atomic E-state index is 0. The van der Waals surface area contributed by atoms with Gasteiger partial charge < -0.3 is 14.8 Å². The minimum atomic E-state index is 0. The molecule has 0 bridgehead atoms. The van der Waals surface area contributed by atoms with Crippen LogP contribution in [0, 0.1) is 0 Å². The molecule has 5 nitrogen and oxygen atoms in total. The average molecular weight is 246 g/mol. The summed E-state index contributed by atoms with van der Waals surface area (Å²) in [7, 11) is 1.64. The quantitative estimate of drug-likeness (QED) is 0.850. The van der Waals surface area contributed by atoms with Crippen LogP contribution >= 0.6 is 12.4 Å². The van der Waals surface area contributed by atoms with Gasteiger partial charge in [0.05, 0.1) is 12.3 Å². The normalized spacial score (nSPS) is 19.2. The highest BCUT2D eigenvalue weighted by Gasteiger charge is 2.16. The monoisotopic (exact) mass is 245 g/mol. The van der Waals surface area contributed by atoms with Crippen LogP contribution in [0.4, 0.5) is 0 Å². The Morgan fingerprint density at radius 2 is 2.38 bits per heavy atom. The van der Waals surface area contributed by atoms with Crippen LogP contribution in [-0.4, -0.2) is 36.3 Å². The van der Waals surface area contributed by atoms with Gasteiger partial charge in [0.2, 0.25) is 5.88 Å². The Bertz CT molecular complexity index is 319. The third kappa shape index (κ3) is 3.59. The highest BCUT2D eigenvalue weighted by Crippen LogP contribution is 2.12. The van der Waals surface area contributed by atoms with E-state index in [1.165, 1.54) is 6.33 Å². The fourth-order valence-corrected chi connectivity index (χ4v) is 1.57. The van der Waals surface area contributed by atoms with Crippen LogP contribution in [-0.2, 0) is 11.3 Å². The SMILES string of the molecule is COCc1cc(OC2CCNC2)ncn1.Cl. The van der Waals surface area contributed by atoms with E-state index in [1.807, 2.05) is 6.07 Å². The van der Waals surface area contributed by atoms with Gasteiger partial charge in [-0.1, -0.05) is 0 Å². The van der Waals surface area contributed by atoms with Gasteiger partial charge in [-0.25, -0.2) is 9.97 Å². The van der Waals surface area contributed by atoms with Gasteiger partial charge in [0.15, 0.2) is 0 Å². The van der Waals surface area contributed by atoms with Crippen LogP contribution in [0.3, 0.4) is 0 Å². The lowest BCUT2D eigenvalue weighted by atomic mass is 10.3. The summed E-state index contributed by atoms with van der Waals surface area (Å²) in [5.74, 6) is 0.630. The molecule has 0 radical (unpaired) electrons. The van der Waals surface area contributed by atoms with Gasteiger partial charge in [-0.05, 0) is 13.0 Å². The summed E-state index contributed by atoms with van der Waals surface area (Å²) in [5, 5.41) is 3.24. The van der Waals surface area contributed by atoms with Crippen molar-refractivity contribution < 1.29 is 9.47 Å². The van der Waals surface area contributed by atoms with E-state index in [0.29, 0.717) is 12.5 Å². The first-order valence-electron chi connectivity index (χ1n) is 5.05. The topological polar surface area (TPSA) is 56.3 Å². The molecule has 0 aromatic carbocycles. The molecule has 1 N–H and O–H groups in total. The smallest absolute Gasteiger partial charge is 0.216 e. The molecule has 2 heterocycles. The summed E-state index contributed by atoms with van der Waals surface area (Å²) in [6, 6.07) is 1.82. The molecule has 2 rings (SSSR count). The first-order chi connectivity index (χ1) is 7.38. The number of hydrogen-bond donors (Lipinski definition) is 1. The highest BCUT2D eigenvalue weighted by molar-refractivity contribution is 5.85. The number of halogens is 1.